The highest BCUT2D eigenvalue weighted by molar-refractivity contribution is 5.73. The summed E-state index contributed by atoms with van der Waals surface area (Å²) < 4.78 is 0. The number of fused-ring (bicyclic) bond motifs is 1. The zero-order chi connectivity index (χ0) is 12.0. The molecule has 0 radical (unpaired) electrons. The molecule has 0 amide bonds. The van der Waals surface area contributed by atoms with Crippen LogP contribution in [0.15, 0.2) is 30.5 Å². The summed E-state index contributed by atoms with van der Waals surface area (Å²) in [4.78, 5) is 10.9. The van der Waals surface area contributed by atoms with Crippen LogP contribution in [0.3, 0.4) is 0 Å². The van der Waals surface area contributed by atoms with E-state index in [1.807, 2.05) is 58.4 Å². The smallest absolute Gasteiger partial charge is 0.0890 e. The van der Waals surface area contributed by atoms with Gasteiger partial charge in [-0.05, 0) is 26.2 Å². The van der Waals surface area contributed by atoms with E-state index in [9.17, 15) is 0 Å². The Balaban J connectivity index is 0.000000606. The molecule has 1 aromatic heterocycles. The van der Waals surface area contributed by atoms with Gasteiger partial charge >= 0.3 is 0 Å². The summed E-state index contributed by atoms with van der Waals surface area (Å²) >= 11 is 0. The molecule has 86 valence electrons. The lowest BCUT2D eigenvalue weighted by molar-refractivity contribution is 0.397. The van der Waals surface area contributed by atoms with Gasteiger partial charge in [0.15, 0.2) is 0 Å². The Morgan fingerprint density at radius 3 is 2.31 bits per heavy atom. The zero-order valence-electron chi connectivity index (χ0n) is 10.4. The van der Waals surface area contributed by atoms with Crippen LogP contribution in [0.25, 0.3) is 11.0 Å². The Bertz CT molecular complexity index is 438. The van der Waals surface area contributed by atoms with E-state index in [2.05, 4.69) is 14.9 Å². The molecule has 0 atom stereocenters. The highest BCUT2D eigenvalue weighted by atomic mass is 15.1. The molecule has 0 N–H and O–H groups in total. The molecule has 0 saturated carbocycles. The number of hydrogen-bond donors (Lipinski definition) is 0. The molecule has 0 unspecified atom stereocenters. The fourth-order valence-electron chi connectivity index (χ4n) is 1.40. The van der Waals surface area contributed by atoms with Crippen molar-refractivity contribution >= 4 is 11.0 Å². The molecule has 2 rings (SSSR count). The third-order valence-electron chi connectivity index (χ3n) is 1.98. The molecule has 1 heterocycles. The molecule has 16 heavy (non-hydrogen) atoms. The monoisotopic (exact) mass is 217 g/mol. The van der Waals surface area contributed by atoms with Gasteiger partial charge in [-0.15, -0.1) is 0 Å². The summed E-state index contributed by atoms with van der Waals surface area (Å²) in [6, 6.07) is 7.92. The summed E-state index contributed by atoms with van der Waals surface area (Å²) in [6.45, 7) is 4.83. The second-order valence-electron chi connectivity index (χ2n) is 3.59. The number of aromatic nitrogens is 2. The molecule has 3 heteroatoms. The predicted molar refractivity (Wildman–Crippen MR) is 68.3 cm³/mol. The van der Waals surface area contributed by atoms with Gasteiger partial charge in [-0.25, -0.2) is 4.98 Å². The molecule has 0 aliphatic heterocycles. The van der Waals surface area contributed by atoms with Crippen LogP contribution in [0.5, 0.6) is 0 Å². The zero-order valence-corrected chi connectivity index (χ0v) is 10.4. The van der Waals surface area contributed by atoms with Crippen molar-refractivity contribution in [1.29, 1.82) is 0 Å². The van der Waals surface area contributed by atoms with Crippen molar-refractivity contribution in [3.05, 3.63) is 36.2 Å². The van der Waals surface area contributed by atoms with E-state index in [1.54, 1.807) is 0 Å². The van der Waals surface area contributed by atoms with Crippen LogP contribution in [0.1, 0.15) is 19.5 Å². The maximum Gasteiger partial charge on any atom is 0.0890 e. The van der Waals surface area contributed by atoms with Crippen LogP contribution in [-0.2, 0) is 6.54 Å². The van der Waals surface area contributed by atoms with Crippen LogP contribution in [0.4, 0.5) is 0 Å². The first-order chi connectivity index (χ1) is 7.75. The van der Waals surface area contributed by atoms with Gasteiger partial charge in [0.2, 0.25) is 0 Å². The van der Waals surface area contributed by atoms with E-state index in [0.29, 0.717) is 0 Å². The topological polar surface area (TPSA) is 29.0 Å². The lowest BCUT2D eigenvalue weighted by atomic mass is 10.3. The Kier molecular flexibility index (Phi) is 4.86. The SMILES string of the molecule is CC.CN(C)Cc1cnc2ccccc2n1. The Morgan fingerprint density at radius 2 is 1.69 bits per heavy atom. The van der Waals surface area contributed by atoms with E-state index in [0.717, 1.165) is 23.3 Å². The summed E-state index contributed by atoms with van der Waals surface area (Å²) in [7, 11) is 4.05. The minimum atomic E-state index is 0.831. The van der Waals surface area contributed by atoms with Crippen molar-refractivity contribution in [3.8, 4) is 0 Å². The lowest BCUT2D eigenvalue weighted by Gasteiger charge is -2.08. The second kappa shape index (κ2) is 6.18. The molecule has 1 aromatic carbocycles. The lowest BCUT2D eigenvalue weighted by Crippen LogP contribution is -2.12. The molecule has 0 fully saturated rings. The number of para-hydroxylation sites is 2. The van der Waals surface area contributed by atoms with E-state index in [-0.39, 0.29) is 0 Å². The fourth-order valence-corrected chi connectivity index (χ4v) is 1.40. The highest BCUT2D eigenvalue weighted by Crippen LogP contribution is 2.08. The molecule has 0 spiro atoms. The summed E-state index contributed by atoms with van der Waals surface area (Å²) in [5.41, 5.74) is 2.93. The van der Waals surface area contributed by atoms with Crippen molar-refractivity contribution in [2.45, 2.75) is 20.4 Å². The van der Waals surface area contributed by atoms with Gasteiger partial charge in [0, 0.05) is 6.54 Å². The number of benzene rings is 1. The molecule has 3 nitrogen and oxygen atoms in total. The molecule has 0 aliphatic rings. The van der Waals surface area contributed by atoms with Gasteiger partial charge < -0.3 is 4.90 Å². The van der Waals surface area contributed by atoms with Crippen molar-refractivity contribution in [2.24, 2.45) is 0 Å². The van der Waals surface area contributed by atoms with E-state index in [4.69, 9.17) is 0 Å². The quantitative estimate of drug-likeness (QED) is 0.774. The number of rotatable bonds is 2. The van der Waals surface area contributed by atoms with Gasteiger partial charge in [-0.2, -0.15) is 0 Å². The molecular weight excluding hydrogens is 198 g/mol. The minimum Gasteiger partial charge on any atom is -0.304 e. The third kappa shape index (κ3) is 3.28. The van der Waals surface area contributed by atoms with Crippen LogP contribution >= 0.6 is 0 Å². The van der Waals surface area contributed by atoms with Crippen molar-refractivity contribution in [2.75, 3.05) is 14.1 Å². The van der Waals surface area contributed by atoms with Gasteiger partial charge in [0.1, 0.15) is 0 Å². The first-order valence-corrected chi connectivity index (χ1v) is 5.61. The van der Waals surface area contributed by atoms with Crippen molar-refractivity contribution in [1.82, 2.24) is 14.9 Å². The normalized spacial score (nSPS) is 10.1. The molecule has 0 saturated heterocycles. The molecule has 2 aromatic rings. The van der Waals surface area contributed by atoms with Gasteiger partial charge in [-0.3, -0.25) is 4.98 Å². The van der Waals surface area contributed by atoms with E-state index >= 15 is 0 Å². The van der Waals surface area contributed by atoms with Gasteiger partial charge in [0.25, 0.3) is 0 Å². The maximum absolute atomic E-state index is 4.51. The summed E-state index contributed by atoms with van der Waals surface area (Å²) in [6.07, 6.45) is 1.84. The largest absolute Gasteiger partial charge is 0.304 e. The van der Waals surface area contributed by atoms with Crippen LogP contribution < -0.4 is 0 Å². The highest BCUT2D eigenvalue weighted by Gasteiger charge is 1.99. The average Bonchev–Trinajstić information content (AvgIpc) is 2.31. The Hall–Kier alpha value is -1.48. The Labute approximate surface area is 97.1 Å². The third-order valence-corrected chi connectivity index (χ3v) is 1.98. The standard InChI is InChI=1S/C11H13N3.C2H6/c1-14(2)8-9-7-12-10-5-3-4-6-11(10)13-9;1-2/h3-7H,8H2,1-2H3;1-2H3. The summed E-state index contributed by atoms with van der Waals surface area (Å²) in [5, 5.41) is 0. The molecule has 0 bridgehead atoms. The van der Waals surface area contributed by atoms with E-state index < -0.39 is 0 Å². The van der Waals surface area contributed by atoms with Gasteiger partial charge in [-0.1, -0.05) is 26.0 Å². The van der Waals surface area contributed by atoms with Crippen molar-refractivity contribution < 1.29 is 0 Å². The first kappa shape index (κ1) is 12.6. The number of nitrogens with zero attached hydrogens (tertiary/aromatic N) is 3. The first-order valence-electron chi connectivity index (χ1n) is 5.61. The minimum absolute atomic E-state index is 0.831. The maximum atomic E-state index is 4.51. The van der Waals surface area contributed by atoms with Crippen LogP contribution in [0, 0.1) is 0 Å². The molecule has 0 aliphatic carbocycles. The molecular formula is C13H19N3. The fraction of sp³-hybridized carbons (Fsp3) is 0.385. The van der Waals surface area contributed by atoms with Gasteiger partial charge in [0.05, 0.1) is 22.9 Å². The average molecular weight is 217 g/mol. The van der Waals surface area contributed by atoms with E-state index in [1.165, 1.54) is 0 Å². The van der Waals surface area contributed by atoms with Crippen LogP contribution in [-0.4, -0.2) is 29.0 Å². The van der Waals surface area contributed by atoms with Crippen LogP contribution in [0.2, 0.25) is 0 Å². The van der Waals surface area contributed by atoms with Crippen molar-refractivity contribution in [3.63, 3.8) is 0 Å². The second-order valence-corrected chi connectivity index (χ2v) is 3.59. The number of hydrogen-bond acceptors (Lipinski definition) is 3. The summed E-state index contributed by atoms with van der Waals surface area (Å²) in [5.74, 6) is 0. The Morgan fingerprint density at radius 1 is 1.06 bits per heavy atom. The predicted octanol–water partition coefficient (Wildman–Crippen LogP) is 2.72.